The second kappa shape index (κ2) is 9.21. The van der Waals surface area contributed by atoms with E-state index in [4.69, 9.17) is 11.6 Å². The molecule has 7 nitrogen and oxygen atoms in total. The van der Waals surface area contributed by atoms with Gasteiger partial charge >= 0.3 is 0 Å². The molecule has 156 valence electrons. The van der Waals surface area contributed by atoms with Gasteiger partial charge in [-0.1, -0.05) is 23.7 Å². The molecule has 0 bridgehead atoms. The molecule has 1 aromatic carbocycles. The lowest BCUT2D eigenvalue weighted by atomic mass is 10.1. The van der Waals surface area contributed by atoms with Crippen LogP contribution < -0.4 is 5.32 Å². The third-order valence-electron chi connectivity index (χ3n) is 4.42. The number of piperazine rings is 1. The maximum atomic E-state index is 13.2. The molecule has 1 N–H and O–H groups in total. The van der Waals surface area contributed by atoms with E-state index in [1.165, 1.54) is 39.5 Å². The zero-order valence-corrected chi connectivity index (χ0v) is 17.7. The quantitative estimate of drug-likeness (QED) is 0.712. The van der Waals surface area contributed by atoms with E-state index in [-0.39, 0.29) is 55.2 Å². The normalized spacial score (nSPS) is 15.3. The van der Waals surface area contributed by atoms with Gasteiger partial charge in [0.25, 0.3) is 10.0 Å². The standard InChI is InChI=1S/C18H19ClFN3O4S2/c19-15-4-5-18(28-15)29(26,27)23-8-6-22(7-9-23)17(25)12-21-16(24)11-13-2-1-3-14(20)10-13/h1-5,10H,6-9,11-12H2,(H,21,24). The second-order valence-corrected chi connectivity index (χ2v) is 10.3. The molecule has 1 fully saturated rings. The third-order valence-corrected chi connectivity index (χ3v) is 8.02. The summed E-state index contributed by atoms with van der Waals surface area (Å²) in [6.07, 6.45) is -0.0273. The lowest BCUT2D eigenvalue weighted by Crippen LogP contribution is -2.52. The first-order valence-electron chi connectivity index (χ1n) is 8.80. The molecule has 0 spiro atoms. The molecule has 0 aliphatic carbocycles. The third kappa shape index (κ3) is 5.53. The van der Waals surface area contributed by atoms with Crippen LogP contribution in [0.25, 0.3) is 0 Å². The summed E-state index contributed by atoms with van der Waals surface area (Å²) in [5.74, 6) is -1.11. The Morgan fingerprint density at radius 1 is 1.14 bits per heavy atom. The highest BCUT2D eigenvalue weighted by Crippen LogP contribution is 2.28. The monoisotopic (exact) mass is 459 g/mol. The number of carbonyl (C=O) groups excluding carboxylic acids is 2. The summed E-state index contributed by atoms with van der Waals surface area (Å²) >= 11 is 6.81. The molecule has 0 saturated carbocycles. The number of halogens is 2. The van der Waals surface area contributed by atoms with Crippen molar-refractivity contribution in [3.05, 3.63) is 52.1 Å². The van der Waals surface area contributed by atoms with Gasteiger partial charge in [0.1, 0.15) is 10.0 Å². The topological polar surface area (TPSA) is 86.8 Å². The van der Waals surface area contributed by atoms with E-state index in [0.717, 1.165) is 11.3 Å². The molecule has 29 heavy (non-hydrogen) atoms. The summed E-state index contributed by atoms with van der Waals surface area (Å²) in [6.45, 7) is 0.608. The number of hydrogen-bond acceptors (Lipinski definition) is 5. The van der Waals surface area contributed by atoms with E-state index in [2.05, 4.69) is 5.32 Å². The van der Waals surface area contributed by atoms with Crippen molar-refractivity contribution >= 4 is 44.8 Å². The van der Waals surface area contributed by atoms with Crippen LogP contribution >= 0.6 is 22.9 Å². The first-order chi connectivity index (χ1) is 13.8. The molecule has 11 heteroatoms. The SMILES string of the molecule is O=C(Cc1cccc(F)c1)NCC(=O)N1CCN(S(=O)(=O)c2ccc(Cl)s2)CC1. The molecule has 2 aromatic rings. The van der Waals surface area contributed by atoms with Gasteiger partial charge in [-0.25, -0.2) is 12.8 Å². The van der Waals surface area contributed by atoms with Crippen molar-refractivity contribution in [2.24, 2.45) is 0 Å². The fourth-order valence-electron chi connectivity index (χ4n) is 2.92. The predicted molar refractivity (Wildman–Crippen MR) is 108 cm³/mol. The van der Waals surface area contributed by atoms with Gasteiger partial charge in [-0.2, -0.15) is 4.31 Å². The minimum Gasteiger partial charge on any atom is -0.347 e. The fourth-order valence-corrected chi connectivity index (χ4v) is 5.98. The predicted octanol–water partition coefficient (Wildman–Crippen LogP) is 1.73. The van der Waals surface area contributed by atoms with Gasteiger partial charge in [0.2, 0.25) is 11.8 Å². The molecule has 0 unspecified atom stereocenters. The largest absolute Gasteiger partial charge is 0.347 e. The molecular weight excluding hydrogens is 441 g/mol. The summed E-state index contributed by atoms with van der Waals surface area (Å²) in [4.78, 5) is 25.8. The minimum absolute atomic E-state index is 0.0273. The number of rotatable bonds is 6. The summed E-state index contributed by atoms with van der Waals surface area (Å²) in [5, 5.41) is 2.52. The van der Waals surface area contributed by atoms with Crippen molar-refractivity contribution in [2.75, 3.05) is 32.7 Å². The number of hydrogen-bond donors (Lipinski definition) is 1. The molecule has 1 aliphatic heterocycles. The van der Waals surface area contributed by atoms with Crippen LogP contribution in [0, 0.1) is 5.82 Å². The number of sulfonamides is 1. The van der Waals surface area contributed by atoms with E-state index < -0.39 is 15.8 Å². The number of benzene rings is 1. The molecule has 0 atom stereocenters. The van der Waals surface area contributed by atoms with Crippen molar-refractivity contribution < 1.29 is 22.4 Å². The number of thiophene rings is 1. The van der Waals surface area contributed by atoms with Gasteiger partial charge in [0.15, 0.2) is 0 Å². The maximum absolute atomic E-state index is 13.2. The molecule has 3 rings (SSSR count). The van der Waals surface area contributed by atoms with Crippen molar-refractivity contribution in [3.8, 4) is 0 Å². The molecular formula is C18H19ClFN3O4S2. The first kappa shape index (κ1) is 21.7. The van der Waals surface area contributed by atoms with Crippen molar-refractivity contribution in [2.45, 2.75) is 10.6 Å². The average Bonchev–Trinajstić information content (AvgIpc) is 3.13. The summed E-state index contributed by atoms with van der Waals surface area (Å²) in [6, 6.07) is 8.70. The Morgan fingerprint density at radius 2 is 1.86 bits per heavy atom. The van der Waals surface area contributed by atoms with E-state index in [1.807, 2.05) is 0 Å². The van der Waals surface area contributed by atoms with Crippen molar-refractivity contribution in [1.82, 2.24) is 14.5 Å². The molecule has 1 aromatic heterocycles. The van der Waals surface area contributed by atoms with Crippen LogP contribution in [0.2, 0.25) is 4.34 Å². The Hall–Kier alpha value is -2.01. The maximum Gasteiger partial charge on any atom is 0.252 e. The van der Waals surface area contributed by atoms with Crippen molar-refractivity contribution in [3.63, 3.8) is 0 Å². The van der Waals surface area contributed by atoms with Gasteiger partial charge in [0.05, 0.1) is 17.3 Å². The lowest BCUT2D eigenvalue weighted by molar-refractivity contribution is -0.133. The zero-order valence-electron chi connectivity index (χ0n) is 15.3. The average molecular weight is 460 g/mol. The number of amides is 2. The first-order valence-corrected chi connectivity index (χ1v) is 11.4. The molecule has 1 aliphatic rings. The minimum atomic E-state index is -3.63. The molecule has 0 radical (unpaired) electrons. The Morgan fingerprint density at radius 3 is 2.48 bits per heavy atom. The van der Waals surface area contributed by atoms with Gasteiger partial charge < -0.3 is 10.2 Å². The summed E-state index contributed by atoms with van der Waals surface area (Å²) in [5.41, 5.74) is 0.516. The van der Waals surface area contributed by atoms with Crippen LogP contribution in [0.3, 0.4) is 0 Å². The highest BCUT2D eigenvalue weighted by Gasteiger charge is 2.31. The fraction of sp³-hybridized carbons (Fsp3) is 0.333. The molecule has 2 heterocycles. The van der Waals surface area contributed by atoms with Crippen LogP contribution in [-0.4, -0.2) is 62.2 Å². The summed E-state index contributed by atoms with van der Waals surface area (Å²) < 4.78 is 40.2. The second-order valence-electron chi connectivity index (χ2n) is 6.43. The Bertz CT molecular complexity index is 1000. The van der Waals surface area contributed by atoms with Crippen LogP contribution in [0.4, 0.5) is 4.39 Å². The highest BCUT2D eigenvalue weighted by atomic mass is 35.5. The Labute approximate surface area is 177 Å². The lowest BCUT2D eigenvalue weighted by Gasteiger charge is -2.33. The molecule has 2 amide bonds. The number of carbonyl (C=O) groups is 2. The van der Waals surface area contributed by atoms with Gasteiger partial charge in [-0.15, -0.1) is 11.3 Å². The van der Waals surface area contributed by atoms with Crippen LogP contribution in [0.15, 0.2) is 40.6 Å². The van der Waals surface area contributed by atoms with E-state index in [9.17, 15) is 22.4 Å². The highest BCUT2D eigenvalue weighted by molar-refractivity contribution is 7.91. The van der Waals surface area contributed by atoms with E-state index >= 15 is 0 Å². The Kier molecular flexibility index (Phi) is 6.89. The van der Waals surface area contributed by atoms with Gasteiger partial charge in [-0.05, 0) is 29.8 Å². The number of nitrogens with one attached hydrogen (secondary N) is 1. The Balaban J connectivity index is 1.47. The van der Waals surface area contributed by atoms with E-state index in [0.29, 0.717) is 9.90 Å². The zero-order chi connectivity index (χ0) is 21.0. The smallest absolute Gasteiger partial charge is 0.252 e. The number of nitrogens with zero attached hydrogens (tertiary/aromatic N) is 2. The van der Waals surface area contributed by atoms with Crippen molar-refractivity contribution in [1.29, 1.82) is 0 Å². The van der Waals surface area contributed by atoms with Crippen LogP contribution in [0.5, 0.6) is 0 Å². The van der Waals surface area contributed by atoms with Crippen LogP contribution in [-0.2, 0) is 26.0 Å². The van der Waals surface area contributed by atoms with Gasteiger partial charge in [-0.3, -0.25) is 9.59 Å². The molecule has 1 saturated heterocycles. The summed E-state index contributed by atoms with van der Waals surface area (Å²) in [7, 11) is -3.63. The van der Waals surface area contributed by atoms with Gasteiger partial charge in [0, 0.05) is 26.2 Å². The van der Waals surface area contributed by atoms with Crippen LogP contribution in [0.1, 0.15) is 5.56 Å². The van der Waals surface area contributed by atoms with E-state index in [1.54, 1.807) is 6.07 Å².